The number of hydrazone groups is 1. The molecule has 0 radical (unpaired) electrons. The van der Waals surface area contributed by atoms with Gasteiger partial charge in [0.25, 0.3) is 0 Å². The number of hydrogen-bond donors (Lipinski definition) is 6. The molecule has 18 heteroatoms. The number of aliphatic hydroxyl groups is 2. The zero-order valence-corrected chi connectivity index (χ0v) is 20.0. The van der Waals surface area contributed by atoms with E-state index >= 15 is 0 Å². The minimum absolute atomic E-state index is 0.137. The molecule has 0 spiro atoms. The number of hydrogen-bond acceptors (Lipinski definition) is 11. The van der Waals surface area contributed by atoms with Gasteiger partial charge < -0.3 is 34.2 Å². The number of fused-ring (bicyclic) bond motifs is 1. The van der Waals surface area contributed by atoms with Crippen molar-refractivity contribution in [1.29, 1.82) is 0 Å². The van der Waals surface area contributed by atoms with Gasteiger partial charge in [-0.25, -0.2) is 4.68 Å². The van der Waals surface area contributed by atoms with E-state index in [2.05, 4.69) is 25.6 Å². The highest BCUT2D eigenvalue weighted by Gasteiger charge is 2.46. The predicted molar refractivity (Wildman–Crippen MR) is 118 cm³/mol. The minimum Gasteiger partial charge on any atom is -0.387 e. The second kappa shape index (κ2) is 9.86. The Bertz CT molecular complexity index is 1170. The van der Waals surface area contributed by atoms with Crippen LogP contribution in [0, 0.1) is 5.92 Å². The van der Waals surface area contributed by atoms with Gasteiger partial charge in [-0.1, -0.05) is 6.42 Å². The van der Waals surface area contributed by atoms with Crippen molar-refractivity contribution in [2.75, 3.05) is 17.9 Å². The van der Waals surface area contributed by atoms with E-state index in [0.717, 1.165) is 23.9 Å². The average Bonchev–Trinajstić information content (AvgIpc) is 3.22. The lowest BCUT2D eigenvalue weighted by Gasteiger charge is -2.20. The Morgan fingerprint density at radius 2 is 2.00 bits per heavy atom. The van der Waals surface area contributed by atoms with E-state index in [1.165, 1.54) is 6.20 Å². The van der Waals surface area contributed by atoms with Crippen LogP contribution in [0.15, 0.2) is 11.3 Å². The quantitative estimate of drug-likeness (QED) is 0.111. The van der Waals surface area contributed by atoms with Crippen molar-refractivity contribution in [3.05, 3.63) is 11.5 Å². The first-order valence-corrected chi connectivity index (χ1v) is 14.1. The lowest BCUT2D eigenvalue weighted by Crippen LogP contribution is -2.33. The van der Waals surface area contributed by atoms with Crippen molar-refractivity contribution in [2.45, 2.75) is 43.8 Å². The summed E-state index contributed by atoms with van der Waals surface area (Å²) in [6.07, 6.45) is 0.773. The molecule has 2 aromatic rings. The van der Waals surface area contributed by atoms with Crippen LogP contribution in [0.25, 0.3) is 11.0 Å². The maximum atomic E-state index is 11.9. The van der Waals surface area contributed by atoms with E-state index in [9.17, 15) is 24.2 Å². The van der Waals surface area contributed by atoms with Crippen LogP contribution in [0.2, 0.25) is 5.28 Å². The van der Waals surface area contributed by atoms with E-state index in [1.807, 2.05) is 0 Å². The summed E-state index contributed by atoms with van der Waals surface area (Å²) < 4.78 is 34.3. The molecule has 1 unspecified atom stereocenters. The lowest BCUT2D eigenvalue weighted by atomic mass is 9.87. The summed E-state index contributed by atoms with van der Waals surface area (Å²) in [6, 6.07) is 0. The van der Waals surface area contributed by atoms with Gasteiger partial charge in [-0.3, -0.25) is 14.6 Å². The largest absolute Gasteiger partial charge is 0.387 e. The molecule has 188 valence electrons. The molecule has 1 aliphatic heterocycles. The monoisotopic (exact) mass is 540 g/mol. The molecule has 15 nitrogen and oxygen atoms in total. The molecule has 3 heterocycles. The molecule has 34 heavy (non-hydrogen) atoms. The highest BCUT2D eigenvalue weighted by Crippen LogP contribution is 2.55. The Morgan fingerprint density at radius 1 is 1.26 bits per heavy atom. The summed E-state index contributed by atoms with van der Waals surface area (Å²) in [5.41, 5.74) is 2.96. The van der Waals surface area contributed by atoms with Crippen molar-refractivity contribution < 1.29 is 43.3 Å². The van der Waals surface area contributed by atoms with Gasteiger partial charge in [-0.2, -0.15) is 20.2 Å². The van der Waals surface area contributed by atoms with E-state index < -0.39 is 52.2 Å². The van der Waals surface area contributed by atoms with E-state index in [-0.39, 0.29) is 16.7 Å². The smallest absolute Gasteiger partial charge is 0.340 e. The number of aliphatic hydroxyl groups excluding tert-OH is 2. The first kappa shape index (κ1) is 25.6. The van der Waals surface area contributed by atoms with Gasteiger partial charge in [0.15, 0.2) is 23.6 Å². The standard InChI is InChI=1S/C16H23ClN6O9P2/c17-16-20-13(22-18-4-8-2-1-3-8)9-5-19-23(14(9)21-16)15-12(25)11(24)10(32-15)6-31-34(29,30)7-33(26,27)28/h4-5,8,10-12,15,24-25H,1-3,6-7H2,(H,29,30)(H,20,21,22)(H2,26,27,28)/b18-4+/t10-,11-,12-,15-/m1/s1. The second-order valence-corrected chi connectivity index (χ2v) is 12.4. The number of rotatable bonds is 9. The predicted octanol–water partition coefficient (Wildman–Crippen LogP) is 0.634. The van der Waals surface area contributed by atoms with Crippen LogP contribution in [-0.2, 0) is 18.4 Å². The van der Waals surface area contributed by atoms with Gasteiger partial charge in [0.2, 0.25) is 5.28 Å². The number of anilines is 1. The molecule has 5 atom stereocenters. The van der Waals surface area contributed by atoms with Gasteiger partial charge in [-0.05, 0) is 30.4 Å². The van der Waals surface area contributed by atoms with Crippen molar-refractivity contribution in [3.8, 4) is 0 Å². The number of halogens is 1. The van der Waals surface area contributed by atoms with Crippen LogP contribution in [0.1, 0.15) is 25.5 Å². The van der Waals surface area contributed by atoms with Gasteiger partial charge in [0.1, 0.15) is 18.3 Å². The molecule has 0 aromatic carbocycles. The molecule has 0 amide bonds. The summed E-state index contributed by atoms with van der Waals surface area (Å²) in [5, 5.41) is 29.4. The van der Waals surface area contributed by atoms with Crippen LogP contribution >= 0.6 is 26.8 Å². The van der Waals surface area contributed by atoms with Crippen molar-refractivity contribution >= 4 is 49.9 Å². The van der Waals surface area contributed by atoms with Crippen LogP contribution < -0.4 is 5.43 Å². The van der Waals surface area contributed by atoms with Crippen LogP contribution in [-0.4, -0.2) is 81.7 Å². The Hall–Kier alpha value is -1.51. The van der Waals surface area contributed by atoms with Gasteiger partial charge >= 0.3 is 15.2 Å². The molecule has 0 bridgehead atoms. The SMILES string of the molecule is O=P(O)(O)CP(=O)(O)OC[C@H]1O[C@@H](n2ncc3c(N/N=C/C4CCC4)nc(Cl)nc32)[C@H](O)[C@@H]1O. The first-order valence-electron chi connectivity index (χ1n) is 10.2. The summed E-state index contributed by atoms with van der Waals surface area (Å²) in [6.45, 7) is -0.722. The Labute approximate surface area is 197 Å². The van der Waals surface area contributed by atoms with Crippen molar-refractivity contribution in [3.63, 3.8) is 0 Å². The molecule has 2 aliphatic rings. The highest BCUT2D eigenvalue weighted by atomic mass is 35.5. The summed E-state index contributed by atoms with van der Waals surface area (Å²) >= 11 is 6.04. The second-order valence-electron chi connectivity index (χ2n) is 8.03. The van der Waals surface area contributed by atoms with Crippen molar-refractivity contribution in [1.82, 2.24) is 19.7 Å². The highest BCUT2D eigenvalue weighted by molar-refractivity contribution is 7.70. The Balaban J connectivity index is 1.50. The van der Waals surface area contributed by atoms with Gasteiger partial charge in [-0.15, -0.1) is 0 Å². The average molecular weight is 541 g/mol. The normalized spacial score (nSPS) is 27.8. The first-order chi connectivity index (χ1) is 15.9. The molecular weight excluding hydrogens is 518 g/mol. The lowest BCUT2D eigenvalue weighted by molar-refractivity contribution is -0.0541. The molecule has 4 rings (SSSR count). The minimum atomic E-state index is -4.82. The van der Waals surface area contributed by atoms with Crippen LogP contribution in [0.4, 0.5) is 5.82 Å². The topological polar surface area (TPSA) is 222 Å². The molecule has 2 aromatic heterocycles. The third-order valence-electron chi connectivity index (χ3n) is 5.41. The third kappa shape index (κ3) is 5.82. The van der Waals surface area contributed by atoms with Crippen LogP contribution in [0.5, 0.6) is 0 Å². The summed E-state index contributed by atoms with van der Waals surface area (Å²) in [4.78, 5) is 35.6. The summed E-state index contributed by atoms with van der Waals surface area (Å²) in [7, 11) is -9.50. The third-order valence-corrected chi connectivity index (χ3v) is 9.04. The van der Waals surface area contributed by atoms with E-state index in [0.29, 0.717) is 11.3 Å². The Kier molecular flexibility index (Phi) is 7.42. The zero-order valence-electron chi connectivity index (χ0n) is 17.5. The fourth-order valence-corrected chi connectivity index (χ4v) is 6.23. The molecule has 1 aliphatic carbocycles. The van der Waals surface area contributed by atoms with Crippen molar-refractivity contribution in [2.24, 2.45) is 11.0 Å². The Morgan fingerprint density at radius 3 is 2.65 bits per heavy atom. The maximum Gasteiger partial charge on any atom is 0.340 e. The fraction of sp³-hybridized carbons (Fsp3) is 0.625. The van der Waals surface area contributed by atoms with Gasteiger partial charge in [0.05, 0.1) is 18.2 Å². The molecule has 1 saturated heterocycles. The van der Waals surface area contributed by atoms with Crippen LogP contribution in [0.3, 0.4) is 0 Å². The van der Waals surface area contributed by atoms with E-state index in [1.54, 1.807) is 6.21 Å². The molecular formula is C16H23ClN6O9P2. The fourth-order valence-electron chi connectivity index (χ4n) is 3.50. The summed E-state index contributed by atoms with van der Waals surface area (Å²) in [5.74, 6) is -0.725. The number of ether oxygens (including phenoxy) is 1. The number of aromatic nitrogens is 4. The zero-order chi connectivity index (χ0) is 24.7. The van der Waals surface area contributed by atoms with Gasteiger partial charge in [0, 0.05) is 6.21 Å². The van der Waals surface area contributed by atoms with E-state index in [4.69, 9.17) is 30.6 Å². The number of nitrogens with one attached hydrogen (secondary N) is 1. The maximum absolute atomic E-state index is 11.9. The molecule has 1 saturated carbocycles. The molecule has 6 N–H and O–H groups in total. The number of nitrogens with zero attached hydrogens (tertiary/aromatic N) is 5. The molecule has 2 fully saturated rings.